The molecule has 1 aromatic heterocycles. The lowest BCUT2D eigenvalue weighted by Crippen LogP contribution is -2.30. The molecular weight excluding hydrogens is 294 g/mol. The highest BCUT2D eigenvalue weighted by atomic mass is 35.5. The molecule has 1 aliphatic rings. The molecule has 0 aliphatic carbocycles. The van der Waals surface area contributed by atoms with Gasteiger partial charge in [0.25, 0.3) is 0 Å². The number of hydrogen-bond donors (Lipinski definition) is 0. The molecule has 1 aliphatic heterocycles. The van der Waals surface area contributed by atoms with Gasteiger partial charge in [0.05, 0.1) is 11.4 Å². The summed E-state index contributed by atoms with van der Waals surface area (Å²) in [6.07, 6.45) is 4.80. The zero-order valence-electron chi connectivity index (χ0n) is 10.7. The normalized spacial score (nSPS) is 22.3. The summed E-state index contributed by atoms with van der Waals surface area (Å²) in [6, 6.07) is 7.54. The van der Waals surface area contributed by atoms with Crippen molar-refractivity contribution in [3.05, 3.63) is 53.4 Å². The number of rotatable bonds is 2. The lowest BCUT2D eigenvalue weighted by Gasteiger charge is -2.22. The van der Waals surface area contributed by atoms with E-state index in [0.717, 1.165) is 5.56 Å². The number of anilines is 1. The average Bonchev–Trinajstić information content (AvgIpc) is 2.77. The number of benzene rings is 1. The second-order valence-electron chi connectivity index (χ2n) is 4.45. The van der Waals surface area contributed by atoms with E-state index in [2.05, 4.69) is 9.97 Å². The van der Waals surface area contributed by atoms with Gasteiger partial charge in [-0.3, -0.25) is 14.7 Å². The van der Waals surface area contributed by atoms with E-state index in [-0.39, 0.29) is 16.5 Å². The van der Waals surface area contributed by atoms with E-state index in [1.807, 2.05) is 31.2 Å². The van der Waals surface area contributed by atoms with Gasteiger partial charge in [-0.15, -0.1) is 11.8 Å². The number of hydrogen-bond acceptors (Lipinski definition) is 4. The van der Waals surface area contributed by atoms with Crippen molar-refractivity contribution >= 4 is 35.1 Å². The van der Waals surface area contributed by atoms with Gasteiger partial charge in [0.15, 0.2) is 5.82 Å². The molecule has 0 spiro atoms. The van der Waals surface area contributed by atoms with Gasteiger partial charge < -0.3 is 0 Å². The number of aromatic nitrogens is 2. The van der Waals surface area contributed by atoms with E-state index in [1.54, 1.807) is 35.3 Å². The monoisotopic (exact) mass is 305 g/mol. The van der Waals surface area contributed by atoms with Crippen LogP contribution in [0.15, 0.2) is 42.9 Å². The van der Waals surface area contributed by atoms with E-state index in [1.165, 1.54) is 0 Å². The molecule has 1 fully saturated rings. The third kappa shape index (κ3) is 2.39. The standard InChI is InChI=1S/C14H12ClN3OS/c1-9-13(19)18(12-8-16-6-7-17-12)14(20-9)10-2-4-11(15)5-3-10/h2-9,14H,1H3. The zero-order chi connectivity index (χ0) is 14.1. The molecule has 102 valence electrons. The summed E-state index contributed by atoms with van der Waals surface area (Å²) < 4.78 is 0. The van der Waals surface area contributed by atoms with Crippen LogP contribution in [-0.4, -0.2) is 21.1 Å². The van der Waals surface area contributed by atoms with Crippen LogP contribution in [0.1, 0.15) is 17.9 Å². The second-order valence-corrected chi connectivity index (χ2v) is 6.32. The van der Waals surface area contributed by atoms with Crippen LogP contribution in [0.3, 0.4) is 0 Å². The minimum atomic E-state index is -0.0994. The summed E-state index contributed by atoms with van der Waals surface area (Å²) >= 11 is 7.52. The summed E-state index contributed by atoms with van der Waals surface area (Å²) in [7, 11) is 0. The molecule has 0 bridgehead atoms. The van der Waals surface area contributed by atoms with E-state index < -0.39 is 0 Å². The Morgan fingerprint density at radius 1 is 1.25 bits per heavy atom. The second kappa shape index (κ2) is 5.42. The number of carbonyl (C=O) groups is 1. The highest BCUT2D eigenvalue weighted by Crippen LogP contribution is 2.44. The van der Waals surface area contributed by atoms with Gasteiger partial charge in [-0.25, -0.2) is 4.98 Å². The summed E-state index contributed by atoms with van der Waals surface area (Å²) in [6.45, 7) is 1.91. The molecule has 2 heterocycles. The maximum atomic E-state index is 12.4. The van der Waals surface area contributed by atoms with Crippen LogP contribution < -0.4 is 4.90 Å². The number of amides is 1. The number of nitrogens with zero attached hydrogens (tertiary/aromatic N) is 3. The third-order valence-corrected chi connectivity index (χ3v) is 4.71. The topological polar surface area (TPSA) is 46.1 Å². The fraction of sp³-hybridized carbons (Fsp3) is 0.214. The molecule has 6 heteroatoms. The summed E-state index contributed by atoms with van der Waals surface area (Å²) in [5.41, 5.74) is 1.03. The fourth-order valence-electron chi connectivity index (χ4n) is 2.13. The van der Waals surface area contributed by atoms with Gasteiger partial charge in [-0.1, -0.05) is 23.7 Å². The highest BCUT2D eigenvalue weighted by Gasteiger charge is 2.40. The maximum Gasteiger partial charge on any atom is 0.242 e. The lowest BCUT2D eigenvalue weighted by molar-refractivity contribution is -0.117. The first-order chi connectivity index (χ1) is 9.66. The molecule has 0 saturated carbocycles. The first-order valence-corrected chi connectivity index (χ1v) is 7.49. The van der Waals surface area contributed by atoms with Gasteiger partial charge in [-0.05, 0) is 24.6 Å². The van der Waals surface area contributed by atoms with E-state index in [0.29, 0.717) is 10.8 Å². The molecule has 0 N–H and O–H groups in total. The van der Waals surface area contributed by atoms with Crippen LogP contribution in [0.5, 0.6) is 0 Å². The maximum absolute atomic E-state index is 12.4. The smallest absolute Gasteiger partial charge is 0.242 e. The highest BCUT2D eigenvalue weighted by molar-refractivity contribution is 8.01. The van der Waals surface area contributed by atoms with Crippen LogP contribution >= 0.6 is 23.4 Å². The third-order valence-electron chi connectivity index (χ3n) is 3.10. The van der Waals surface area contributed by atoms with Gasteiger partial charge in [-0.2, -0.15) is 0 Å². The van der Waals surface area contributed by atoms with Crippen molar-refractivity contribution in [2.75, 3.05) is 4.90 Å². The predicted octanol–water partition coefficient (Wildman–Crippen LogP) is 3.30. The molecule has 1 aromatic carbocycles. The minimum Gasteiger partial charge on any atom is -0.278 e. The summed E-state index contributed by atoms with van der Waals surface area (Å²) in [4.78, 5) is 22.4. The molecular formula is C14H12ClN3OS. The SMILES string of the molecule is CC1SC(c2ccc(Cl)cc2)N(c2cnccn2)C1=O. The van der Waals surface area contributed by atoms with E-state index in [4.69, 9.17) is 11.6 Å². The summed E-state index contributed by atoms with van der Waals surface area (Å²) in [5.74, 6) is 0.629. The van der Waals surface area contributed by atoms with Crippen molar-refractivity contribution in [3.63, 3.8) is 0 Å². The molecule has 2 unspecified atom stereocenters. The molecule has 1 amide bonds. The van der Waals surface area contributed by atoms with Crippen molar-refractivity contribution in [2.24, 2.45) is 0 Å². The Labute approximate surface area is 126 Å². The van der Waals surface area contributed by atoms with Crippen molar-refractivity contribution < 1.29 is 4.79 Å². The van der Waals surface area contributed by atoms with Crippen molar-refractivity contribution in [1.29, 1.82) is 0 Å². The Hall–Kier alpha value is -1.59. The Kier molecular flexibility index (Phi) is 3.63. The zero-order valence-corrected chi connectivity index (χ0v) is 12.3. The molecule has 20 heavy (non-hydrogen) atoms. The first-order valence-electron chi connectivity index (χ1n) is 6.17. The predicted molar refractivity (Wildman–Crippen MR) is 80.8 cm³/mol. The molecule has 0 radical (unpaired) electrons. The fourth-order valence-corrected chi connectivity index (χ4v) is 3.52. The number of halogens is 1. The van der Waals surface area contributed by atoms with Crippen molar-refractivity contribution in [2.45, 2.75) is 17.5 Å². The largest absolute Gasteiger partial charge is 0.278 e. The Balaban J connectivity index is 2.00. The van der Waals surface area contributed by atoms with E-state index >= 15 is 0 Å². The molecule has 2 aromatic rings. The van der Waals surface area contributed by atoms with Gasteiger partial charge in [0, 0.05) is 17.4 Å². The molecule has 4 nitrogen and oxygen atoms in total. The van der Waals surface area contributed by atoms with Crippen molar-refractivity contribution in [1.82, 2.24) is 9.97 Å². The van der Waals surface area contributed by atoms with Crippen LogP contribution in [0.25, 0.3) is 0 Å². The van der Waals surface area contributed by atoms with Crippen LogP contribution in [0.4, 0.5) is 5.82 Å². The lowest BCUT2D eigenvalue weighted by atomic mass is 10.2. The van der Waals surface area contributed by atoms with Gasteiger partial charge in [0.2, 0.25) is 5.91 Å². The Morgan fingerprint density at radius 2 is 2.00 bits per heavy atom. The van der Waals surface area contributed by atoms with Crippen molar-refractivity contribution in [3.8, 4) is 0 Å². The van der Waals surface area contributed by atoms with E-state index in [9.17, 15) is 4.79 Å². The average molecular weight is 306 g/mol. The number of carbonyl (C=O) groups excluding carboxylic acids is 1. The van der Waals surface area contributed by atoms with Gasteiger partial charge in [0.1, 0.15) is 5.37 Å². The van der Waals surface area contributed by atoms with Crippen LogP contribution in [0.2, 0.25) is 5.02 Å². The molecule has 2 atom stereocenters. The Morgan fingerprint density at radius 3 is 2.65 bits per heavy atom. The Bertz CT molecular complexity index is 620. The first kappa shape index (κ1) is 13.4. The molecule has 3 rings (SSSR count). The summed E-state index contributed by atoms with van der Waals surface area (Å²) in [5, 5.41) is 0.492. The number of thioether (sulfide) groups is 1. The minimum absolute atomic E-state index is 0.0513. The van der Waals surface area contributed by atoms with Crippen LogP contribution in [0, 0.1) is 0 Å². The molecule has 1 saturated heterocycles. The quantitative estimate of drug-likeness (QED) is 0.854. The van der Waals surface area contributed by atoms with Gasteiger partial charge >= 0.3 is 0 Å². The van der Waals surface area contributed by atoms with Crippen LogP contribution in [-0.2, 0) is 4.79 Å².